The molecule has 0 aliphatic heterocycles. The molecule has 0 aliphatic carbocycles. The maximum absolute atomic E-state index is 2.70. The van der Waals surface area contributed by atoms with Crippen molar-refractivity contribution in [1.82, 2.24) is 0 Å². The Balaban J connectivity index is 1.26. The molecule has 0 atom stereocenters. The predicted octanol–water partition coefficient (Wildman–Crippen LogP) is 11.6. The average Bonchev–Trinajstić information content (AvgIpc) is 3.04. The highest BCUT2D eigenvalue weighted by Crippen LogP contribution is 2.74. The molecule has 0 heterocycles. The van der Waals surface area contributed by atoms with Crippen molar-refractivity contribution in [3.8, 4) is 0 Å². The summed E-state index contributed by atoms with van der Waals surface area (Å²) in [5, 5.41) is 0. The molecule has 6 aromatic carbocycles. The van der Waals surface area contributed by atoms with Gasteiger partial charge in [0, 0.05) is 24.5 Å². The zero-order chi connectivity index (χ0) is 27.2. The Hall–Kier alpha value is -2.90. The number of benzene rings is 6. The van der Waals surface area contributed by atoms with Crippen molar-refractivity contribution in [2.24, 2.45) is 0 Å². The van der Waals surface area contributed by atoms with Gasteiger partial charge in [0.05, 0.1) is 10.9 Å². The van der Waals surface area contributed by atoms with Gasteiger partial charge in [0.25, 0.3) is 0 Å². The quantitative estimate of drug-likeness (QED) is 0.114. The molecule has 0 bridgehead atoms. The largest absolute Gasteiger partial charge is 0.166 e. The van der Waals surface area contributed by atoms with E-state index in [1.165, 1.54) is 39.2 Å². The Kier molecular flexibility index (Phi) is 8.68. The lowest BCUT2D eigenvalue weighted by Crippen LogP contribution is -2.04. The van der Waals surface area contributed by atoms with Gasteiger partial charge in [0.15, 0.2) is 14.7 Å². The Bertz CT molecular complexity index is 1560. The summed E-state index contributed by atoms with van der Waals surface area (Å²) in [4.78, 5) is 10.6. The van der Waals surface area contributed by atoms with Crippen LogP contribution in [0.1, 0.15) is 0 Å². The fourth-order valence-electron chi connectivity index (χ4n) is 4.62. The van der Waals surface area contributed by atoms with Gasteiger partial charge in [0.1, 0.15) is 0 Å². The maximum atomic E-state index is 2.70. The third-order valence-electron chi connectivity index (χ3n) is 6.54. The van der Waals surface area contributed by atoms with E-state index in [0.717, 1.165) is 0 Å². The molecule has 0 radical (unpaired) electrons. The van der Waals surface area contributed by atoms with E-state index >= 15 is 0 Å². The van der Waals surface area contributed by atoms with Crippen LogP contribution in [0.5, 0.6) is 0 Å². The summed E-state index contributed by atoms with van der Waals surface area (Å²) in [6.45, 7) is 0. The van der Waals surface area contributed by atoms with Crippen LogP contribution in [0.4, 0.5) is 0 Å². The zero-order valence-electron chi connectivity index (χ0n) is 21.8. The third kappa shape index (κ3) is 5.91. The molecule has 0 N–H and O–H groups in total. The van der Waals surface area contributed by atoms with Gasteiger partial charge >= 0.3 is 0 Å². The normalized spacial score (nSPS) is 11.8. The van der Waals surface area contributed by atoms with E-state index < -0.39 is 7.20 Å². The molecule has 4 heteroatoms. The number of halogens is 1. The highest BCUT2D eigenvalue weighted by atomic mass is 127. The lowest BCUT2D eigenvalue weighted by molar-refractivity contribution is 1.27. The second-order valence-electron chi connectivity index (χ2n) is 9.14. The number of rotatable bonds is 8. The van der Waals surface area contributed by atoms with Crippen LogP contribution in [-0.4, -0.2) is 0 Å². The summed E-state index contributed by atoms with van der Waals surface area (Å²) in [6, 6.07) is 61.8. The second kappa shape index (κ2) is 12.7. The second-order valence-corrected chi connectivity index (χ2v) is 18.8. The van der Waals surface area contributed by atoms with Gasteiger partial charge in [-0.25, -0.2) is 0 Å². The summed E-state index contributed by atoms with van der Waals surface area (Å²) < 4.78 is 0. The van der Waals surface area contributed by atoms with E-state index in [0.29, 0.717) is 0 Å². The van der Waals surface area contributed by atoms with Gasteiger partial charge in [0.2, 0.25) is 0 Å². The van der Waals surface area contributed by atoms with E-state index in [1.54, 1.807) is 0 Å². The first-order chi connectivity index (χ1) is 19.7. The fourth-order valence-corrected chi connectivity index (χ4v) is 12.6. The van der Waals surface area contributed by atoms with Crippen molar-refractivity contribution < 1.29 is 0 Å². The van der Waals surface area contributed by atoms with Crippen molar-refractivity contribution in [3.05, 3.63) is 170 Å². The van der Waals surface area contributed by atoms with E-state index in [1.807, 2.05) is 11.8 Å². The summed E-state index contributed by atoms with van der Waals surface area (Å²) in [6.07, 6.45) is 0. The minimum Gasteiger partial charge on any atom is -0.105 e. The lowest BCUT2D eigenvalue weighted by Gasteiger charge is -2.35. The molecule has 196 valence electrons. The summed E-state index contributed by atoms with van der Waals surface area (Å²) in [5.74, 6) is 0. The minimum absolute atomic E-state index is 0.126. The van der Waals surface area contributed by atoms with Crippen LogP contribution in [0.25, 0.3) is 0 Å². The first-order valence-electron chi connectivity index (χ1n) is 13.1. The smallest absolute Gasteiger partial charge is 0.105 e. The average molecular weight is 684 g/mol. The van der Waals surface area contributed by atoms with Crippen molar-refractivity contribution >= 4 is 51.1 Å². The molecule has 6 aromatic rings. The summed E-state index contributed by atoms with van der Waals surface area (Å²) in [5.41, 5.74) is 0. The van der Waals surface area contributed by atoms with Gasteiger partial charge < -0.3 is 0 Å². The van der Waals surface area contributed by atoms with Gasteiger partial charge in [-0.3, -0.25) is 0 Å². The molecule has 0 fully saturated rings. The van der Waals surface area contributed by atoms with Crippen LogP contribution in [0.2, 0.25) is 0 Å². The van der Waals surface area contributed by atoms with Crippen LogP contribution in [-0.2, 0) is 10.9 Å². The standard InChI is InChI=1S/C36H28IS3/c37-40(34-17-9-3-10-18-34,35-19-11-4-12-20-35)36-27-23-30(24-28-36)38-29-21-25-33(26-22-29)39(31-13-5-1-6-14-31)32-15-7-2-8-16-32/h1-28H/q+1. The third-order valence-corrected chi connectivity index (χ3v) is 17.1. The zero-order valence-corrected chi connectivity index (χ0v) is 26.4. The monoisotopic (exact) mass is 683 g/mol. The SMILES string of the molecule is IS(c1ccccc1)(c1ccccc1)c1ccc(Sc2ccc([S+](c3ccccc3)c3ccccc3)cc2)cc1. The Morgan fingerprint density at radius 1 is 0.375 bits per heavy atom. The molecule has 0 amide bonds. The van der Waals surface area contributed by atoms with E-state index in [9.17, 15) is 0 Å². The first kappa shape index (κ1) is 27.3. The van der Waals surface area contributed by atoms with Crippen LogP contribution in [0.15, 0.2) is 209 Å². The van der Waals surface area contributed by atoms with Gasteiger partial charge in [-0.15, -0.1) is 7.20 Å². The molecule has 40 heavy (non-hydrogen) atoms. The highest BCUT2D eigenvalue weighted by Gasteiger charge is 2.29. The van der Waals surface area contributed by atoms with Crippen molar-refractivity contribution in [1.29, 1.82) is 0 Å². The van der Waals surface area contributed by atoms with Crippen molar-refractivity contribution in [2.45, 2.75) is 39.2 Å². The predicted molar refractivity (Wildman–Crippen MR) is 181 cm³/mol. The summed E-state index contributed by atoms with van der Waals surface area (Å²) >= 11 is 4.52. The van der Waals surface area contributed by atoms with Crippen LogP contribution in [0, 0.1) is 0 Å². The van der Waals surface area contributed by atoms with Crippen molar-refractivity contribution in [3.63, 3.8) is 0 Å². The van der Waals surface area contributed by atoms with E-state index in [-0.39, 0.29) is 10.9 Å². The van der Waals surface area contributed by atoms with Gasteiger partial charge in [-0.05, 0) is 118 Å². The van der Waals surface area contributed by atoms with E-state index in [2.05, 4.69) is 191 Å². The minimum atomic E-state index is -1.37. The highest BCUT2D eigenvalue weighted by molar-refractivity contribution is 14.2. The van der Waals surface area contributed by atoms with Crippen molar-refractivity contribution in [2.75, 3.05) is 0 Å². The molecule has 0 unspecified atom stereocenters. The van der Waals surface area contributed by atoms with Crippen LogP contribution >= 0.6 is 40.2 Å². The number of hydrogen-bond donors (Lipinski definition) is 0. The molecular formula is C36H28IS3+. The fraction of sp³-hybridized carbons (Fsp3) is 0. The molecule has 0 nitrogen and oxygen atoms in total. The lowest BCUT2D eigenvalue weighted by atomic mass is 10.3. The molecule has 6 rings (SSSR count). The molecular weight excluding hydrogens is 656 g/mol. The first-order valence-corrected chi connectivity index (χ1v) is 19.3. The molecule has 0 aliphatic rings. The summed E-state index contributed by atoms with van der Waals surface area (Å²) in [7, 11) is -1.50. The van der Waals surface area contributed by atoms with E-state index in [4.69, 9.17) is 0 Å². The molecule has 0 spiro atoms. The van der Waals surface area contributed by atoms with Crippen LogP contribution < -0.4 is 0 Å². The Labute approximate surface area is 258 Å². The number of hydrogen-bond acceptors (Lipinski definition) is 1. The van der Waals surface area contributed by atoms with Gasteiger partial charge in [-0.2, -0.15) is 0 Å². The topological polar surface area (TPSA) is 0 Å². The Morgan fingerprint density at radius 2 is 0.700 bits per heavy atom. The molecule has 0 saturated heterocycles. The molecule has 0 aromatic heterocycles. The van der Waals surface area contributed by atoms with Crippen LogP contribution in [0.3, 0.4) is 0 Å². The molecule has 0 saturated carbocycles. The Morgan fingerprint density at radius 3 is 1.12 bits per heavy atom. The maximum Gasteiger partial charge on any atom is 0.166 e. The van der Waals surface area contributed by atoms with Gasteiger partial charge in [-0.1, -0.05) is 84.6 Å².